The van der Waals surface area contributed by atoms with Crippen molar-refractivity contribution in [2.45, 2.75) is 19.9 Å². The Morgan fingerprint density at radius 1 is 0.800 bits per heavy atom. The van der Waals surface area contributed by atoms with Crippen LogP contribution in [0.3, 0.4) is 0 Å². The normalized spacial score (nSPS) is 17.3. The molecule has 0 aromatic rings. The van der Waals surface area contributed by atoms with E-state index in [0.29, 0.717) is 25.7 Å². The van der Waals surface area contributed by atoms with E-state index in [2.05, 4.69) is 5.32 Å². The molecule has 1 N–H and O–H groups in total. The van der Waals surface area contributed by atoms with Gasteiger partial charge in [0, 0.05) is 69.6 Å². The first-order valence-corrected chi connectivity index (χ1v) is 8.41. The first-order valence-electron chi connectivity index (χ1n) is 8.41. The van der Waals surface area contributed by atoms with Gasteiger partial charge in [0.2, 0.25) is 0 Å². The monoisotopic (exact) mass is 348 g/mol. The van der Waals surface area contributed by atoms with Crippen molar-refractivity contribution in [3.63, 3.8) is 0 Å². The summed E-state index contributed by atoms with van der Waals surface area (Å²) < 4.78 is 0. The molecule has 0 saturated heterocycles. The van der Waals surface area contributed by atoms with Gasteiger partial charge in [-0.15, -0.1) is 0 Å². The van der Waals surface area contributed by atoms with Gasteiger partial charge in [0.1, 0.15) is 0 Å². The van der Waals surface area contributed by atoms with Gasteiger partial charge in [0.25, 0.3) is 23.6 Å². The van der Waals surface area contributed by atoms with Gasteiger partial charge in [0.05, 0.1) is 0 Å². The van der Waals surface area contributed by atoms with Gasteiger partial charge in [-0.2, -0.15) is 0 Å². The van der Waals surface area contributed by atoms with Crippen LogP contribution in [0.1, 0.15) is 13.8 Å². The minimum absolute atomic E-state index is 0.284. The van der Waals surface area contributed by atoms with E-state index in [1.165, 1.54) is 34.1 Å². The first kappa shape index (κ1) is 19.0. The molecular weight excluding hydrogens is 324 g/mol. The van der Waals surface area contributed by atoms with E-state index < -0.39 is 0 Å². The molecule has 2 rings (SSSR count). The van der Waals surface area contributed by atoms with Crippen LogP contribution in [0.15, 0.2) is 24.3 Å². The minimum Gasteiger partial charge on any atom is -0.313 e. The van der Waals surface area contributed by atoms with Gasteiger partial charge in [0.15, 0.2) is 0 Å². The topological polar surface area (TPSA) is 90.0 Å². The number of rotatable bonds is 10. The second-order valence-corrected chi connectivity index (χ2v) is 6.27. The molecule has 8 nitrogen and oxygen atoms in total. The van der Waals surface area contributed by atoms with Crippen LogP contribution in [0.25, 0.3) is 0 Å². The van der Waals surface area contributed by atoms with E-state index in [1.54, 1.807) is 0 Å². The molecule has 0 bridgehead atoms. The fraction of sp³-hybridized carbons (Fsp3) is 0.529. The molecule has 0 aromatic heterocycles. The molecule has 4 amide bonds. The molecule has 0 saturated carbocycles. The van der Waals surface area contributed by atoms with Crippen LogP contribution in [0, 0.1) is 0 Å². The number of carbonyl (C=O) groups is 4. The summed E-state index contributed by atoms with van der Waals surface area (Å²) in [6.45, 7) is 7.06. The van der Waals surface area contributed by atoms with Gasteiger partial charge >= 0.3 is 0 Å². The molecule has 136 valence electrons. The summed E-state index contributed by atoms with van der Waals surface area (Å²) >= 11 is 0. The molecule has 0 radical (unpaired) electrons. The molecule has 0 atom stereocenters. The molecule has 8 heteroatoms. The van der Waals surface area contributed by atoms with E-state index >= 15 is 0 Å². The summed E-state index contributed by atoms with van der Waals surface area (Å²) in [7, 11) is 0. The lowest BCUT2D eigenvalue weighted by molar-refractivity contribution is -0.137. The Balaban J connectivity index is 1.85. The van der Waals surface area contributed by atoms with Crippen LogP contribution in [0.5, 0.6) is 0 Å². The number of imide groups is 2. The fourth-order valence-corrected chi connectivity index (χ4v) is 2.63. The summed E-state index contributed by atoms with van der Waals surface area (Å²) in [5, 5.41) is 3.31. The van der Waals surface area contributed by atoms with E-state index in [4.69, 9.17) is 0 Å². The maximum absolute atomic E-state index is 11.6. The lowest BCUT2D eigenvalue weighted by Gasteiger charge is -2.27. The summed E-state index contributed by atoms with van der Waals surface area (Å²) in [5.41, 5.74) is 0. The zero-order chi connectivity index (χ0) is 18.4. The van der Waals surface area contributed by atoms with E-state index in [0.717, 1.165) is 6.54 Å². The van der Waals surface area contributed by atoms with E-state index in [1.807, 2.05) is 18.7 Å². The largest absolute Gasteiger partial charge is 0.313 e. The van der Waals surface area contributed by atoms with Crippen LogP contribution in [0.2, 0.25) is 0 Å². The van der Waals surface area contributed by atoms with Crippen LogP contribution in [-0.2, 0) is 19.2 Å². The lowest BCUT2D eigenvalue weighted by Crippen LogP contribution is -2.45. The van der Waals surface area contributed by atoms with Gasteiger partial charge < -0.3 is 5.32 Å². The average Bonchev–Trinajstić information content (AvgIpc) is 3.04. The first-order chi connectivity index (χ1) is 11.9. The predicted molar refractivity (Wildman–Crippen MR) is 91.3 cm³/mol. The van der Waals surface area contributed by atoms with Crippen LogP contribution in [0.4, 0.5) is 0 Å². The zero-order valence-electron chi connectivity index (χ0n) is 14.6. The van der Waals surface area contributed by atoms with Crippen molar-refractivity contribution in [2.75, 3.05) is 39.3 Å². The highest BCUT2D eigenvalue weighted by molar-refractivity contribution is 6.13. The molecule has 0 spiro atoms. The van der Waals surface area contributed by atoms with Crippen molar-refractivity contribution in [3.8, 4) is 0 Å². The maximum atomic E-state index is 11.6. The second kappa shape index (κ2) is 8.68. The number of carbonyl (C=O) groups excluding carboxylic acids is 4. The Hall–Kier alpha value is -2.32. The quantitative estimate of drug-likeness (QED) is 0.517. The summed E-state index contributed by atoms with van der Waals surface area (Å²) in [6, 6.07) is 0.346. The van der Waals surface area contributed by atoms with Crippen molar-refractivity contribution in [2.24, 2.45) is 0 Å². The highest BCUT2D eigenvalue weighted by Crippen LogP contribution is 2.06. The molecule has 2 heterocycles. The molecule has 2 aliphatic rings. The van der Waals surface area contributed by atoms with Crippen molar-refractivity contribution >= 4 is 23.6 Å². The summed E-state index contributed by atoms with van der Waals surface area (Å²) in [6.07, 6.45) is 5.06. The van der Waals surface area contributed by atoms with Gasteiger partial charge in [-0.3, -0.25) is 33.9 Å². The average molecular weight is 348 g/mol. The molecule has 0 unspecified atom stereocenters. The van der Waals surface area contributed by atoms with Crippen LogP contribution >= 0.6 is 0 Å². The smallest absolute Gasteiger partial charge is 0.253 e. The Kier molecular flexibility index (Phi) is 6.60. The van der Waals surface area contributed by atoms with E-state index in [-0.39, 0.29) is 36.7 Å². The molecule has 0 fully saturated rings. The molecule has 2 aliphatic heterocycles. The third-order valence-corrected chi connectivity index (χ3v) is 4.06. The van der Waals surface area contributed by atoms with Gasteiger partial charge in [-0.1, -0.05) is 13.8 Å². The Labute approximate surface area is 147 Å². The number of hydrogen-bond donors (Lipinski definition) is 1. The third kappa shape index (κ3) is 5.33. The summed E-state index contributed by atoms with van der Waals surface area (Å²) in [5.74, 6) is -1.22. The standard InChI is InChI=1S/C17H24N4O4/c1-13(2)18-7-8-19(9-11-20-14(22)3-4-15(20)23)10-12-21-16(24)5-6-17(21)25/h3-6,13,18H,7-12H2,1-2H3. The highest BCUT2D eigenvalue weighted by Gasteiger charge is 2.25. The molecule has 0 aliphatic carbocycles. The van der Waals surface area contributed by atoms with Crippen molar-refractivity contribution in [1.29, 1.82) is 0 Å². The fourth-order valence-electron chi connectivity index (χ4n) is 2.63. The van der Waals surface area contributed by atoms with Crippen LogP contribution < -0.4 is 5.32 Å². The minimum atomic E-state index is -0.306. The number of amides is 4. The van der Waals surface area contributed by atoms with Gasteiger partial charge in [-0.05, 0) is 0 Å². The van der Waals surface area contributed by atoms with Crippen molar-refractivity contribution < 1.29 is 19.2 Å². The molecule has 0 aromatic carbocycles. The third-order valence-electron chi connectivity index (χ3n) is 4.06. The van der Waals surface area contributed by atoms with Gasteiger partial charge in [-0.25, -0.2) is 0 Å². The van der Waals surface area contributed by atoms with Crippen molar-refractivity contribution in [1.82, 2.24) is 20.0 Å². The Morgan fingerprint density at radius 3 is 1.56 bits per heavy atom. The number of hydrogen-bond acceptors (Lipinski definition) is 6. The SMILES string of the molecule is CC(C)NCCN(CCN1C(=O)C=CC1=O)CCN1C(=O)C=CC1=O. The Bertz CT molecular complexity index is 530. The molecular formula is C17H24N4O4. The predicted octanol–water partition coefficient (Wildman–Crippen LogP) is -0.864. The number of nitrogens with zero attached hydrogens (tertiary/aromatic N) is 3. The van der Waals surface area contributed by atoms with E-state index in [9.17, 15) is 19.2 Å². The number of nitrogens with one attached hydrogen (secondary N) is 1. The second-order valence-electron chi connectivity index (χ2n) is 6.27. The zero-order valence-corrected chi connectivity index (χ0v) is 14.6. The summed E-state index contributed by atoms with van der Waals surface area (Å²) in [4.78, 5) is 51.0. The lowest BCUT2D eigenvalue weighted by atomic mass is 10.3. The van der Waals surface area contributed by atoms with Crippen molar-refractivity contribution in [3.05, 3.63) is 24.3 Å². The Morgan fingerprint density at radius 2 is 1.20 bits per heavy atom. The molecule has 25 heavy (non-hydrogen) atoms. The highest BCUT2D eigenvalue weighted by atomic mass is 16.2. The maximum Gasteiger partial charge on any atom is 0.253 e. The van der Waals surface area contributed by atoms with Crippen LogP contribution in [-0.4, -0.2) is 83.6 Å².